The fourth-order valence-corrected chi connectivity index (χ4v) is 2.59. The van der Waals surface area contributed by atoms with E-state index < -0.39 is 0 Å². The number of nitrogens with one attached hydrogen (secondary N) is 1. The molecule has 0 bridgehead atoms. The second kappa shape index (κ2) is 5.05. The molecule has 1 aromatic carbocycles. The summed E-state index contributed by atoms with van der Waals surface area (Å²) in [6, 6.07) is 5.69. The van der Waals surface area contributed by atoms with Gasteiger partial charge in [-0.3, -0.25) is 0 Å². The molecule has 94 valence electrons. The molecule has 0 amide bonds. The predicted molar refractivity (Wildman–Crippen MR) is 70.0 cm³/mol. The van der Waals surface area contributed by atoms with Gasteiger partial charge in [-0.05, 0) is 24.5 Å². The molecule has 17 heavy (non-hydrogen) atoms. The van der Waals surface area contributed by atoms with Crippen LogP contribution in [0.3, 0.4) is 0 Å². The van der Waals surface area contributed by atoms with Gasteiger partial charge in [-0.1, -0.05) is 26.0 Å². The maximum absolute atomic E-state index is 14.0. The number of anilines is 1. The van der Waals surface area contributed by atoms with Crippen LogP contribution in [0.4, 0.5) is 10.1 Å². The van der Waals surface area contributed by atoms with Crippen molar-refractivity contribution in [3.05, 3.63) is 29.6 Å². The van der Waals surface area contributed by atoms with Crippen molar-refractivity contribution in [1.82, 2.24) is 5.32 Å². The highest BCUT2D eigenvalue weighted by Gasteiger charge is 2.27. The highest BCUT2D eigenvalue weighted by Crippen LogP contribution is 2.28. The van der Waals surface area contributed by atoms with E-state index in [1.807, 2.05) is 13.0 Å². The summed E-state index contributed by atoms with van der Waals surface area (Å²) >= 11 is 0. The molecule has 1 aliphatic heterocycles. The first-order chi connectivity index (χ1) is 8.11. The van der Waals surface area contributed by atoms with Crippen molar-refractivity contribution < 1.29 is 4.39 Å². The predicted octanol–water partition coefficient (Wildman–Crippen LogP) is 2.57. The quantitative estimate of drug-likeness (QED) is 0.849. The zero-order valence-corrected chi connectivity index (χ0v) is 10.8. The summed E-state index contributed by atoms with van der Waals surface area (Å²) in [7, 11) is 0. The summed E-state index contributed by atoms with van der Waals surface area (Å²) < 4.78 is 14.0. The number of hydrogen-bond acceptors (Lipinski definition) is 2. The molecule has 0 saturated carbocycles. The Kier molecular flexibility index (Phi) is 3.67. The van der Waals surface area contributed by atoms with Crippen LogP contribution < -0.4 is 10.2 Å². The fourth-order valence-electron chi connectivity index (χ4n) is 2.59. The second-order valence-corrected chi connectivity index (χ2v) is 5.11. The van der Waals surface area contributed by atoms with Gasteiger partial charge < -0.3 is 10.2 Å². The van der Waals surface area contributed by atoms with Crippen LogP contribution in [-0.2, 0) is 0 Å². The number of aryl methyl sites for hydroxylation is 1. The van der Waals surface area contributed by atoms with Gasteiger partial charge in [0.05, 0.1) is 5.69 Å². The molecule has 1 unspecified atom stereocenters. The number of hydrogen-bond donors (Lipinski definition) is 1. The highest BCUT2D eigenvalue weighted by atomic mass is 19.1. The lowest BCUT2D eigenvalue weighted by molar-refractivity contribution is 0.386. The van der Waals surface area contributed by atoms with Crippen LogP contribution in [0, 0.1) is 18.7 Å². The summed E-state index contributed by atoms with van der Waals surface area (Å²) in [4.78, 5) is 2.23. The van der Waals surface area contributed by atoms with Crippen LogP contribution >= 0.6 is 0 Å². The van der Waals surface area contributed by atoms with Crippen molar-refractivity contribution in [3.63, 3.8) is 0 Å². The highest BCUT2D eigenvalue weighted by molar-refractivity contribution is 5.55. The smallest absolute Gasteiger partial charge is 0.146 e. The Morgan fingerprint density at radius 3 is 2.82 bits per heavy atom. The van der Waals surface area contributed by atoms with E-state index in [0.29, 0.717) is 12.0 Å². The van der Waals surface area contributed by atoms with E-state index in [2.05, 4.69) is 24.1 Å². The summed E-state index contributed by atoms with van der Waals surface area (Å²) in [5, 5.41) is 3.39. The second-order valence-electron chi connectivity index (χ2n) is 5.11. The van der Waals surface area contributed by atoms with Gasteiger partial charge in [0, 0.05) is 25.7 Å². The zero-order chi connectivity index (χ0) is 12.4. The van der Waals surface area contributed by atoms with E-state index in [1.54, 1.807) is 12.1 Å². The molecule has 0 aromatic heterocycles. The van der Waals surface area contributed by atoms with Gasteiger partial charge in [0.2, 0.25) is 0 Å². The molecular weight excluding hydrogens is 215 g/mol. The van der Waals surface area contributed by atoms with Crippen molar-refractivity contribution >= 4 is 5.69 Å². The lowest BCUT2D eigenvalue weighted by atomic mass is 9.98. The minimum atomic E-state index is -0.0995. The summed E-state index contributed by atoms with van der Waals surface area (Å²) in [6.45, 7) is 9.12. The van der Waals surface area contributed by atoms with Crippen LogP contribution in [0.5, 0.6) is 0 Å². The van der Waals surface area contributed by atoms with E-state index in [1.165, 1.54) is 0 Å². The van der Waals surface area contributed by atoms with Gasteiger partial charge in [0.25, 0.3) is 0 Å². The number of benzene rings is 1. The topological polar surface area (TPSA) is 15.3 Å². The average molecular weight is 236 g/mol. The maximum Gasteiger partial charge on any atom is 0.146 e. The lowest BCUT2D eigenvalue weighted by Crippen LogP contribution is -2.54. The third-order valence-corrected chi connectivity index (χ3v) is 3.53. The lowest BCUT2D eigenvalue weighted by Gasteiger charge is -2.41. The molecule has 1 N–H and O–H groups in total. The fraction of sp³-hybridized carbons (Fsp3) is 0.571. The molecule has 2 nitrogen and oxygen atoms in total. The Hall–Kier alpha value is -1.09. The van der Waals surface area contributed by atoms with Crippen LogP contribution in [-0.4, -0.2) is 25.7 Å². The minimum absolute atomic E-state index is 0.0995. The van der Waals surface area contributed by atoms with Crippen molar-refractivity contribution in [3.8, 4) is 0 Å². The monoisotopic (exact) mass is 236 g/mol. The van der Waals surface area contributed by atoms with E-state index in [4.69, 9.17) is 0 Å². The Bertz CT molecular complexity index is 370. The van der Waals surface area contributed by atoms with Crippen LogP contribution in [0.1, 0.15) is 19.4 Å². The zero-order valence-electron chi connectivity index (χ0n) is 10.8. The number of nitrogens with zero attached hydrogens (tertiary/aromatic N) is 1. The SMILES string of the molecule is Cc1cccc(F)c1N1CCNCC1C(C)C. The van der Waals surface area contributed by atoms with Crippen molar-refractivity contribution in [2.24, 2.45) is 5.92 Å². The first-order valence-corrected chi connectivity index (χ1v) is 6.33. The van der Waals surface area contributed by atoms with Gasteiger partial charge in [0.15, 0.2) is 0 Å². The summed E-state index contributed by atoms with van der Waals surface area (Å²) in [5.74, 6) is 0.416. The van der Waals surface area contributed by atoms with Gasteiger partial charge >= 0.3 is 0 Å². The van der Waals surface area contributed by atoms with Crippen molar-refractivity contribution in [2.75, 3.05) is 24.5 Å². The number of halogens is 1. The molecule has 0 spiro atoms. The summed E-state index contributed by atoms with van der Waals surface area (Å²) in [5.41, 5.74) is 1.81. The first kappa shape index (κ1) is 12.4. The van der Waals surface area contributed by atoms with E-state index in [0.717, 1.165) is 30.9 Å². The van der Waals surface area contributed by atoms with Gasteiger partial charge in [-0.15, -0.1) is 0 Å². The van der Waals surface area contributed by atoms with Gasteiger partial charge in [-0.25, -0.2) is 4.39 Å². The standard InChI is InChI=1S/C14H21FN2/c1-10(2)13-9-16-7-8-17(13)14-11(3)5-4-6-12(14)15/h4-6,10,13,16H,7-9H2,1-3H3. The van der Waals surface area contributed by atoms with Crippen molar-refractivity contribution in [1.29, 1.82) is 0 Å². The molecule has 0 radical (unpaired) electrons. The first-order valence-electron chi connectivity index (χ1n) is 6.33. The number of rotatable bonds is 2. The van der Waals surface area contributed by atoms with E-state index in [-0.39, 0.29) is 5.82 Å². The van der Waals surface area contributed by atoms with E-state index >= 15 is 0 Å². The molecule has 1 aliphatic rings. The van der Waals surface area contributed by atoms with Crippen molar-refractivity contribution in [2.45, 2.75) is 26.8 Å². The molecule has 3 heteroatoms. The third-order valence-electron chi connectivity index (χ3n) is 3.53. The Morgan fingerprint density at radius 1 is 1.41 bits per heavy atom. The average Bonchev–Trinajstić information content (AvgIpc) is 2.29. The molecule has 1 aromatic rings. The molecule has 1 fully saturated rings. The molecule has 1 saturated heterocycles. The molecular formula is C14H21FN2. The summed E-state index contributed by atoms with van der Waals surface area (Å²) in [6.07, 6.45) is 0. The van der Waals surface area contributed by atoms with Crippen LogP contribution in [0.2, 0.25) is 0 Å². The minimum Gasteiger partial charge on any atom is -0.363 e. The van der Waals surface area contributed by atoms with Gasteiger partial charge in [-0.2, -0.15) is 0 Å². The molecule has 1 atom stereocenters. The molecule has 1 heterocycles. The van der Waals surface area contributed by atoms with Crippen LogP contribution in [0.25, 0.3) is 0 Å². The number of para-hydroxylation sites is 1. The Morgan fingerprint density at radius 2 is 2.18 bits per heavy atom. The third kappa shape index (κ3) is 2.44. The normalized spacial score (nSPS) is 21.0. The Balaban J connectivity index is 2.36. The van der Waals surface area contributed by atoms with Crippen LogP contribution in [0.15, 0.2) is 18.2 Å². The molecule has 0 aliphatic carbocycles. The number of piperazine rings is 1. The van der Waals surface area contributed by atoms with Gasteiger partial charge in [0.1, 0.15) is 5.82 Å². The molecule has 2 rings (SSSR count). The van der Waals surface area contributed by atoms with E-state index in [9.17, 15) is 4.39 Å². The largest absolute Gasteiger partial charge is 0.363 e. The maximum atomic E-state index is 14.0. The Labute approximate surface area is 103 Å².